The van der Waals surface area contributed by atoms with Crippen LogP contribution in [0.3, 0.4) is 0 Å². The van der Waals surface area contributed by atoms with Crippen molar-refractivity contribution < 1.29 is 57.5 Å². The van der Waals surface area contributed by atoms with Gasteiger partial charge in [0.15, 0.2) is 0 Å². The molecule has 0 fully saturated rings. The topological polar surface area (TPSA) is 161 Å². The van der Waals surface area contributed by atoms with Crippen LogP contribution in [0.1, 0.15) is 146 Å². The van der Waals surface area contributed by atoms with Crippen LogP contribution in [0.4, 0.5) is 0 Å². The first-order chi connectivity index (χ1) is 37.5. The van der Waals surface area contributed by atoms with Crippen LogP contribution >= 0.6 is 0 Å². The minimum atomic E-state index is -0.981. The minimum absolute atomic E-state index is 0.233. The molecule has 418 valence electrons. The van der Waals surface area contributed by atoms with E-state index in [0.717, 1.165) is 139 Å². The van der Waals surface area contributed by atoms with Gasteiger partial charge in [0.2, 0.25) is 0 Å². The molecular weight excluding hydrogens is 973 g/mol. The van der Waals surface area contributed by atoms with Gasteiger partial charge in [-0.1, -0.05) is 165 Å². The lowest BCUT2D eigenvalue weighted by atomic mass is 10.0. The number of carboxylic acids is 1. The van der Waals surface area contributed by atoms with Crippen molar-refractivity contribution in [2.75, 3.05) is 33.0 Å². The van der Waals surface area contributed by atoms with Crippen LogP contribution in [0.5, 0.6) is 17.2 Å². The summed E-state index contributed by atoms with van der Waals surface area (Å²) in [5.41, 5.74) is 6.22. The van der Waals surface area contributed by atoms with Gasteiger partial charge < -0.3 is 33.5 Å². The molecule has 0 radical (unpaired) electrons. The number of hydrogen-bond donors (Lipinski definition) is 1. The van der Waals surface area contributed by atoms with Crippen LogP contribution in [0.25, 0.3) is 11.1 Å². The summed E-state index contributed by atoms with van der Waals surface area (Å²) >= 11 is 0. The summed E-state index contributed by atoms with van der Waals surface area (Å²) in [4.78, 5) is 54.3. The molecule has 0 unspecified atom stereocenters. The molecule has 4 rings (SSSR count). The lowest BCUT2D eigenvalue weighted by molar-refractivity contribution is -0.138. The molecule has 0 saturated carbocycles. The molecule has 12 heteroatoms. The van der Waals surface area contributed by atoms with E-state index in [4.69, 9.17) is 33.5 Å². The molecule has 4 aromatic carbocycles. The van der Waals surface area contributed by atoms with Gasteiger partial charge in [0.05, 0.1) is 33.0 Å². The van der Waals surface area contributed by atoms with E-state index in [-0.39, 0.29) is 23.9 Å². The number of benzene rings is 4. The number of esters is 4. The quantitative estimate of drug-likeness (QED) is 0.0148. The van der Waals surface area contributed by atoms with Crippen LogP contribution in [0.15, 0.2) is 148 Å². The molecule has 12 nitrogen and oxygen atoms in total. The Labute approximate surface area is 459 Å². The van der Waals surface area contributed by atoms with E-state index in [0.29, 0.717) is 45.0 Å². The van der Waals surface area contributed by atoms with Gasteiger partial charge >= 0.3 is 29.8 Å². The van der Waals surface area contributed by atoms with Gasteiger partial charge in [-0.15, -0.1) is 0 Å². The van der Waals surface area contributed by atoms with Gasteiger partial charge in [0, 0.05) is 30.7 Å². The number of carbonyl (C=O) groups excluding carboxylic acids is 4. The Morgan fingerprint density at radius 2 is 0.701 bits per heavy atom. The van der Waals surface area contributed by atoms with Crippen LogP contribution < -0.4 is 14.2 Å². The van der Waals surface area contributed by atoms with E-state index in [2.05, 4.69) is 93.9 Å². The monoisotopic (exact) mass is 1060 g/mol. The third-order valence-electron chi connectivity index (χ3n) is 12.0. The molecule has 0 saturated heterocycles. The lowest BCUT2D eigenvalue weighted by Crippen LogP contribution is -2.09. The number of ether oxygens (including phenoxy) is 6. The van der Waals surface area contributed by atoms with E-state index in [1.807, 2.05) is 24.3 Å². The third kappa shape index (κ3) is 34.9. The third-order valence-corrected chi connectivity index (χ3v) is 12.0. The summed E-state index contributed by atoms with van der Waals surface area (Å²) in [5.74, 6) is 0.00184. The van der Waals surface area contributed by atoms with Gasteiger partial charge in [-0.3, -0.25) is 4.79 Å². The second-order valence-corrected chi connectivity index (χ2v) is 18.3. The average molecular weight is 1060 g/mol. The predicted molar refractivity (Wildman–Crippen MR) is 307 cm³/mol. The van der Waals surface area contributed by atoms with Crippen LogP contribution in [-0.4, -0.2) is 68.0 Å². The Kier molecular flexibility index (Phi) is 37.6. The Morgan fingerprint density at radius 1 is 0.390 bits per heavy atom. The fourth-order valence-electron chi connectivity index (χ4n) is 7.57. The normalized spacial score (nSPS) is 10.2. The summed E-state index contributed by atoms with van der Waals surface area (Å²) < 4.78 is 31.9. The molecule has 1 N–H and O–H groups in total. The minimum Gasteiger partial charge on any atom is -0.494 e. The maximum absolute atomic E-state index is 12.2. The first-order valence-corrected chi connectivity index (χ1v) is 27.6. The molecule has 0 aliphatic carbocycles. The Hall–Kier alpha value is -7.21. The van der Waals surface area contributed by atoms with Crippen molar-refractivity contribution in [3.05, 3.63) is 164 Å². The van der Waals surface area contributed by atoms with Crippen molar-refractivity contribution in [1.29, 1.82) is 0 Å². The van der Waals surface area contributed by atoms with Crippen molar-refractivity contribution in [2.24, 2.45) is 0 Å². The highest BCUT2D eigenvalue weighted by Crippen LogP contribution is 2.24. The van der Waals surface area contributed by atoms with Crippen molar-refractivity contribution in [2.45, 2.75) is 148 Å². The fourth-order valence-corrected chi connectivity index (χ4v) is 7.57. The number of carboxylic acid groups (broad SMARTS) is 1. The van der Waals surface area contributed by atoms with E-state index in [9.17, 15) is 24.0 Å². The van der Waals surface area contributed by atoms with E-state index in [1.165, 1.54) is 59.7 Å². The number of aryl methyl sites for hydroxylation is 3. The maximum atomic E-state index is 12.2. The number of rotatable bonds is 39. The summed E-state index contributed by atoms with van der Waals surface area (Å²) in [7, 11) is 0. The largest absolute Gasteiger partial charge is 0.494 e. The zero-order valence-electron chi connectivity index (χ0n) is 45.9. The van der Waals surface area contributed by atoms with Crippen LogP contribution in [0, 0.1) is 0 Å². The van der Waals surface area contributed by atoms with Gasteiger partial charge in [0.1, 0.15) is 17.2 Å². The zero-order chi connectivity index (χ0) is 56.0. The molecule has 0 aliphatic heterocycles. The molecule has 0 amide bonds. The SMILES string of the molecule is C=CC(=O)O.C=CC(=O)OCCCCCCCCOc1ccc(-c2ccc(CCCCCCCOC(=O)C=C)cc2)cc1.C=CC(=O)OCCCCCCCc1ccc(CCC(=O)Oc2ccc(OCCCC)cc2)cc1. The number of aliphatic carboxylic acids is 1. The fraction of sp³-hybridized carbons (Fsp3) is 0.431. The summed E-state index contributed by atoms with van der Waals surface area (Å²) in [6.45, 7) is 18.1. The van der Waals surface area contributed by atoms with Crippen LogP contribution in [-0.2, 0) is 57.4 Å². The number of carbonyl (C=O) groups is 5. The molecular formula is C65H86O12. The second-order valence-electron chi connectivity index (χ2n) is 18.3. The van der Waals surface area contributed by atoms with Crippen molar-refractivity contribution >= 4 is 29.8 Å². The molecule has 77 heavy (non-hydrogen) atoms. The Bertz CT molecular complexity index is 2260. The average Bonchev–Trinajstić information content (AvgIpc) is 3.45. The smallest absolute Gasteiger partial charge is 0.330 e. The Balaban J connectivity index is 0.000000486. The highest BCUT2D eigenvalue weighted by molar-refractivity contribution is 5.82. The second kappa shape index (κ2) is 44.0. The lowest BCUT2D eigenvalue weighted by Gasteiger charge is -2.08. The van der Waals surface area contributed by atoms with E-state index in [1.54, 1.807) is 12.1 Å². The van der Waals surface area contributed by atoms with Crippen molar-refractivity contribution in [3.63, 3.8) is 0 Å². The van der Waals surface area contributed by atoms with Crippen LogP contribution in [0.2, 0.25) is 0 Å². The van der Waals surface area contributed by atoms with Gasteiger partial charge in [0.25, 0.3) is 0 Å². The van der Waals surface area contributed by atoms with Crippen molar-refractivity contribution in [3.8, 4) is 28.4 Å². The summed E-state index contributed by atoms with van der Waals surface area (Å²) in [6.07, 6.45) is 27.1. The van der Waals surface area contributed by atoms with Gasteiger partial charge in [-0.05, 0) is 128 Å². The van der Waals surface area contributed by atoms with Crippen molar-refractivity contribution in [1.82, 2.24) is 0 Å². The van der Waals surface area contributed by atoms with E-state index >= 15 is 0 Å². The molecule has 0 spiro atoms. The molecule has 0 atom stereocenters. The number of hydrogen-bond acceptors (Lipinski definition) is 11. The molecule has 0 aromatic heterocycles. The zero-order valence-corrected chi connectivity index (χ0v) is 45.9. The molecule has 0 heterocycles. The van der Waals surface area contributed by atoms with E-state index < -0.39 is 5.97 Å². The summed E-state index contributed by atoms with van der Waals surface area (Å²) in [6, 6.07) is 32.9. The molecule has 4 aromatic rings. The first kappa shape index (κ1) is 65.9. The highest BCUT2D eigenvalue weighted by atomic mass is 16.5. The number of unbranched alkanes of at least 4 members (excludes halogenated alkanes) is 14. The summed E-state index contributed by atoms with van der Waals surface area (Å²) in [5, 5.41) is 7.60. The predicted octanol–water partition coefficient (Wildman–Crippen LogP) is 14.9. The van der Waals surface area contributed by atoms with Gasteiger partial charge in [-0.2, -0.15) is 0 Å². The molecule has 0 aliphatic rings. The highest BCUT2D eigenvalue weighted by Gasteiger charge is 2.08. The maximum Gasteiger partial charge on any atom is 0.330 e. The standard InChI is InChI=1S/C33H44O5.C29H38O5.C3H4O2/c1-3-32(34)37-26-14-10-6-5-9-13-25-36-31-23-21-30(22-24-31)29-19-17-28(18-20-29)16-12-8-7-11-15-27-38-33(35)4-2;1-3-5-22-32-26-17-19-27(20-18-26)34-29(31)21-16-25-14-12-24(13-15-25)11-9-7-6-8-10-23-33-28(30)4-2;1-2-3(4)5/h3-4,17-24H,1-2,5-16,25-27H2;4,12-15,17-20H,2-3,5-11,16,21-23H2,1H3;2H,1H2,(H,4,5). The van der Waals surface area contributed by atoms with Gasteiger partial charge in [-0.25, -0.2) is 19.2 Å². The Morgan fingerprint density at radius 3 is 1.09 bits per heavy atom. The first-order valence-electron chi connectivity index (χ1n) is 27.6. The molecule has 0 bridgehead atoms.